The molecule has 1 aromatic heterocycles. The first-order valence-electron chi connectivity index (χ1n) is 6.52. The zero-order valence-corrected chi connectivity index (χ0v) is 12.3. The molecule has 1 heterocycles. The number of thiazole rings is 1. The number of unbranched alkanes of at least 4 members (excludes halogenated alkanes) is 2. The minimum absolute atomic E-state index is 0.530. The topological polar surface area (TPSA) is 28.2 Å². The maximum atomic E-state index is 4.48. The van der Waals surface area contributed by atoms with Crippen LogP contribution in [0.3, 0.4) is 0 Å². The standard InChI is InChI=1S/C13H25N3S/c1-5-6-7-8-16(4)13-15-10-12(17-13)9-14-11(2)3/h10-11,14H,5-9H2,1-4H3. The van der Waals surface area contributed by atoms with Crippen molar-refractivity contribution in [2.24, 2.45) is 0 Å². The summed E-state index contributed by atoms with van der Waals surface area (Å²) in [5.41, 5.74) is 0. The number of nitrogens with zero attached hydrogens (tertiary/aromatic N) is 2. The third-order valence-electron chi connectivity index (χ3n) is 2.65. The van der Waals surface area contributed by atoms with E-state index in [0.29, 0.717) is 6.04 Å². The minimum atomic E-state index is 0.530. The van der Waals surface area contributed by atoms with E-state index >= 15 is 0 Å². The number of aromatic nitrogens is 1. The van der Waals surface area contributed by atoms with Gasteiger partial charge in [-0.1, -0.05) is 33.6 Å². The van der Waals surface area contributed by atoms with Crippen LogP contribution in [-0.2, 0) is 6.54 Å². The molecule has 0 amide bonds. The second-order valence-corrected chi connectivity index (χ2v) is 5.87. The quantitative estimate of drug-likeness (QED) is 0.723. The van der Waals surface area contributed by atoms with Crippen molar-refractivity contribution < 1.29 is 0 Å². The molecule has 0 aliphatic rings. The van der Waals surface area contributed by atoms with Crippen molar-refractivity contribution in [1.29, 1.82) is 0 Å². The molecule has 0 unspecified atom stereocenters. The SMILES string of the molecule is CCCCCN(C)c1ncc(CNC(C)C)s1. The first kappa shape index (κ1) is 14.5. The molecule has 0 bridgehead atoms. The zero-order valence-electron chi connectivity index (χ0n) is 11.5. The fourth-order valence-electron chi connectivity index (χ4n) is 1.55. The lowest BCUT2D eigenvalue weighted by atomic mass is 10.2. The Balaban J connectivity index is 2.38. The minimum Gasteiger partial charge on any atom is -0.351 e. The van der Waals surface area contributed by atoms with Gasteiger partial charge in [0, 0.05) is 37.3 Å². The summed E-state index contributed by atoms with van der Waals surface area (Å²) in [5.74, 6) is 0. The molecule has 3 nitrogen and oxygen atoms in total. The van der Waals surface area contributed by atoms with Gasteiger partial charge < -0.3 is 10.2 Å². The molecule has 0 aliphatic heterocycles. The summed E-state index contributed by atoms with van der Waals surface area (Å²) in [4.78, 5) is 8.06. The molecule has 17 heavy (non-hydrogen) atoms. The molecular weight excluding hydrogens is 230 g/mol. The first-order valence-corrected chi connectivity index (χ1v) is 7.34. The van der Waals surface area contributed by atoms with E-state index in [4.69, 9.17) is 0 Å². The van der Waals surface area contributed by atoms with Crippen LogP contribution in [-0.4, -0.2) is 24.6 Å². The third kappa shape index (κ3) is 5.50. The van der Waals surface area contributed by atoms with Crippen LogP contribution in [0.2, 0.25) is 0 Å². The Morgan fingerprint density at radius 2 is 2.18 bits per heavy atom. The van der Waals surface area contributed by atoms with E-state index in [-0.39, 0.29) is 0 Å². The summed E-state index contributed by atoms with van der Waals surface area (Å²) in [5, 5.41) is 4.56. The third-order valence-corrected chi connectivity index (χ3v) is 3.76. The molecule has 4 heteroatoms. The number of anilines is 1. The number of rotatable bonds is 8. The molecule has 1 N–H and O–H groups in total. The van der Waals surface area contributed by atoms with E-state index < -0.39 is 0 Å². The number of hydrogen-bond donors (Lipinski definition) is 1. The molecule has 0 atom stereocenters. The van der Waals surface area contributed by atoms with Crippen molar-refractivity contribution in [1.82, 2.24) is 10.3 Å². The summed E-state index contributed by atoms with van der Waals surface area (Å²) >= 11 is 1.79. The fraction of sp³-hybridized carbons (Fsp3) is 0.769. The highest BCUT2D eigenvalue weighted by Crippen LogP contribution is 2.21. The summed E-state index contributed by atoms with van der Waals surface area (Å²) in [6, 6.07) is 0.530. The van der Waals surface area contributed by atoms with Crippen LogP contribution in [0.15, 0.2) is 6.20 Å². The van der Waals surface area contributed by atoms with Crippen molar-refractivity contribution in [3.8, 4) is 0 Å². The number of hydrogen-bond acceptors (Lipinski definition) is 4. The van der Waals surface area contributed by atoms with E-state index in [1.54, 1.807) is 11.3 Å². The average molecular weight is 255 g/mol. The van der Waals surface area contributed by atoms with E-state index in [0.717, 1.165) is 18.2 Å². The lowest BCUT2D eigenvalue weighted by molar-refractivity contribution is 0.593. The van der Waals surface area contributed by atoms with Crippen LogP contribution in [0.4, 0.5) is 5.13 Å². The molecule has 0 saturated carbocycles. The van der Waals surface area contributed by atoms with E-state index in [9.17, 15) is 0 Å². The normalized spacial score (nSPS) is 11.1. The molecular formula is C13H25N3S. The summed E-state index contributed by atoms with van der Waals surface area (Å²) in [6.45, 7) is 8.60. The zero-order chi connectivity index (χ0) is 12.7. The smallest absolute Gasteiger partial charge is 0.185 e. The maximum absolute atomic E-state index is 4.48. The van der Waals surface area contributed by atoms with E-state index in [1.165, 1.54) is 24.1 Å². The molecule has 1 rings (SSSR count). The predicted octanol–water partition coefficient (Wildman–Crippen LogP) is 3.27. The Hall–Kier alpha value is -0.610. The van der Waals surface area contributed by atoms with Gasteiger partial charge >= 0.3 is 0 Å². The van der Waals surface area contributed by atoms with Crippen molar-refractivity contribution in [2.45, 2.75) is 52.6 Å². The van der Waals surface area contributed by atoms with E-state index in [1.807, 2.05) is 6.20 Å². The van der Waals surface area contributed by atoms with Crippen LogP contribution in [0, 0.1) is 0 Å². The molecule has 1 aromatic rings. The molecule has 0 spiro atoms. The summed E-state index contributed by atoms with van der Waals surface area (Å²) < 4.78 is 0. The summed E-state index contributed by atoms with van der Waals surface area (Å²) in [6.07, 6.45) is 5.82. The van der Waals surface area contributed by atoms with Crippen LogP contribution in [0.5, 0.6) is 0 Å². The van der Waals surface area contributed by atoms with Gasteiger partial charge in [-0.15, -0.1) is 11.3 Å². The van der Waals surface area contributed by atoms with Gasteiger partial charge in [0.1, 0.15) is 0 Å². The Bertz CT molecular complexity index is 309. The Morgan fingerprint density at radius 3 is 2.82 bits per heavy atom. The van der Waals surface area contributed by atoms with Crippen LogP contribution < -0.4 is 10.2 Å². The van der Waals surface area contributed by atoms with Crippen LogP contribution >= 0.6 is 11.3 Å². The largest absolute Gasteiger partial charge is 0.351 e. The van der Waals surface area contributed by atoms with Crippen molar-refractivity contribution in [2.75, 3.05) is 18.5 Å². The lowest BCUT2D eigenvalue weighted by Gasteiger charge is -2.14. The predicted molar refractivity (Wildman–Crippen MR) is 76.9 cm³/mol. The highest BCUT2D eigenvalue weighted by Gasteiger charge is 2.06. The molecule has 0 aromatic carbocycles. The van der Waals surface area contributed by atoms with Gasteiger partial charge in [0.2, 0.25) is 0 Å². The van der Waals surface area contributed by atoms with Crippen molar-refractivity contribution in [3.05, 3.63) is 11.1 Å². The van der Waals surface area contributed by atoms with Crippen LogP contribution in [0.25, 0.3) is 0 Å². The molecule has 0 radical (unpaired) electrons. The first-order chi connectivity index (χ1) is 8.13. The second kappa shape index (κ2) is 7.67. The fourth-order valence-corrected chi connectivity index (χ4v) is 2.40. The van der Waals surface area contributed by atoms with Gasteiger partial charge in [0.05, 0.1) is 0 Å². The summed E-state index contributed by atoms with van der Waals surface area (Å²) in [7, 11) is 2.13. The maximum Gasteiger partial charge on any atom is 0.185 e. The van der Waals surface area contributed by atoms with Gasteiger partial charge in [-0.3, -0.25) is 0 Å². The van der Waals surface area contributed by atoms with Gasteiger partial charge in [-0.25, -0.2) is 4.98 Å². The lowest BCUT2D eigenvalue weighted by Crippen LogP contribution is -2.21. The van der Waals surface area contributed by atoms with Gasteiger partial charge in [0.25, 0.3) is 0 Å². The second-order valence-electron chi connectivity index (χ2n) is 4.77. The highest BCUT2D eigenvalue weighted by atomic mass is 32.1. The van der Waals surface area contributed by atoms with Crippen LogP contribution in [0.1, 0.15) is 44.9 Å². The van der Waals surface area contributed by atoms with E-state index in [2.05, 4.69) is 43.0 Å². The van der Waals surface area contributed by atoms with Crippen molar-refractivity contribution in [3.63, 3.8) is 0 Å². The Kier molecular flexibility index (Phi) is 6.52. The average Bonchev–Trinajstić information content (AvgIpc) is 2.75. The molecule has 0 fully saturated rings. The Morgan fingerprint density at radius 1 is 1.41 bits per heavy atom. The van der Waals surface area contributed by atoms with Crippen molar-refractivity contribution >= 4 is 16.5 Å². The van der Waals surface area contributed by atoms with Gasteiger partial charge in [0.15, 0.2) is 5.13 Å². The van der Waals surface area contributed by atoms with Gasteiger partial charge in [-0.2, -0.15) is 0 Å². The number of nitrogens with one attached hydrogen (secondary N) is 1. The Labute approximate surface area is 109 Å². The molecule has 0 saturated heterocycles. The highest BCUT2D eigenvalue weighted by molar-refractivity contribution is 7.15. The molecule has 98 valence electrons. The molecule has 0 aliphatic carbocycles. The monoisotopic (exact) mass is 255 g/mol. The van der Waals surface area contributed by atoms with Gasteiger partial charge in [-0.05, 0) is 6.42 Å².